The molecule has 126 valence electrons. The molecule has 2 rings (SSSR count). The Balaban J connectivity index is 0.000000593. The molecule has 0 unspecified atom stereocenters. The first-order chi connectivity index (χ1) is 10.9. The van der Waals surface area contributed by atoms with Crippen LogP contribution in [0.2, 0.25) is 0 Å². The number of hydrogen-bond acceptors (Lipinski definition) is 8. The highest BCUT2D eigenvalue weighted by Gasteiger charge is 2.12. The Labute approximate surface area is 131 Å². The number of aryl methyl sites for hydroxylation is 1. The van der Waals surface area contributed by atoms with Gasteiger partial charge in [-0.15, -0.1) is 10.1 Å². The van der Waals surface area contributed by atoms with Gasteiger partial charge in [0.25, 0.3) is 5.09 Å². The number of nitrogens with two attached hydrogens (primary N) is 1. The Hall–Kier alpha value is -2.88. The van der Waals surface area contributed by atoms with Gasteiger partial charge in [0, 0.05) is 18.1 Å². The van der Waals surface area contributed by atoms with E-state index in [1.807, 2.05) is 6.07 Å². The van der Waals surface area contributed by atoms with Crippen LogP contribution in [0.3, 0.4) is 0 Å². The SMILES string of the molecule is COc1cc2nc(N)nc(CCCO)c2cc1OC.O=[N+]([O-])O. The van der Waals surface area contributed by atoms with Crippen molar-refractivity contribution in [1.82, 2.24) is 9.97 Å². The zero-order valence-electron chi connectivity index (χ0n) is 12.7. The number of nitrogen functional groups attached to an aromatic ring is 1. The molecule has 0 saturated carbocycles. The van der Waals surface area contributed by atoms with E-state index in [-0.39, 0.29) is 12.6 Å². The summed E-state index contributed by atoms with van der Waals surface area (Å²) in [4.78, 5) is 16.8. The van der Waals surface area contributed by atoms with Crippen LogP contribution in [0.5, 0.6) is 11.5 Å². The highest BCUT2D eigenvalue weighted by atomic mass is 16.9. The van der Waals surface area contributed by atoms with Crippen LogP contribution in [0.25, 0.3) is 10.9 Å². The van der Waals surface area contributed by atoms with Gasteiger partial charge in [0.1, 0.15) is 0 Å². The van der Waals surface area contributed by atoms with Crippen molar-refractivity contribution in [2.75, 3.05) is 26.6 Å². The molecule has 1 heterocycles. The minimum absolute atomic E-state index is 0.110. The Morgan fingerprint density at radius 2 is 1.83 bits per heavy atom. The molecular weight excluding hydrogens is 308 g/mol. The van der Waals surface area contributed by atoms with Gasteiger partial charge < -0.3 is 25.5 Å². The largest absolute Gasteiger partial charge is 0.493 e. The second-order valence-electron chi connectivity index (χ2n) is 4.32. The normalized spacial score (nSPS) is 9.87. The first-order valence-electron chi connectivity index (χ1n) is 6.55. The molecule has 10 heteroatoms. The van der Waals surface area contributed by atoms with E-state index in [1.54, 1.807) is 20.3 Å². The summed E-state index contributed by atoms with van der Waals surface area (Å²) in [6, 6.07) is 3.61. The highest BCUT2D eigenvalue weighted by Crippen LogP contribution is 2.32. The first kappa shape index (κ1) is 18.2. The maximum atomic E-state index is 8.93. The molecule has 0 atom stereocenters. The fraction of sp³-hybridized carbons (Fsp3) is 0.385. The van der Waals surface area contributed by atoms with E-state index >= 15 is 0 Å². The van der Waals surface area contributed by atoms with Crippen molar-refractivity contribution >= 4 is 16.9 Å². The fourth-order valence-corrected chi connectivity index (χ4v) is 1.98. The van der Waals surface area contributed by atoms with Gasteiger partial charge in [-0.2, -0.15) is 0 Å². The van der Waals surface area contributed by atoms with E-state index in [1.165, 1.54) is 0 Å². The van der Waals surface area contributed by atoms with Crippen LogP contribution in [0.15, 0.2) is 12.1 Å². The smallest absolute Gasteiger partial charge is 0.291 e. The van der Waals surface area contributed by atoms with Gasteiger partial charge in [-0.05, 0) is 18.9 Å². The molecule has 0 amide bonds. The molecule has 1 aromatic carbocycles. The average Bonchev–Trinajstić information content (AvgIpc) is 2.50. The summed E-state index contributed by atoms with van der Waals surface area (Å²) < 4.78 is 10.5. The van der Waals surface area contributed by atoms with Gasteiger partial charge in [0.2, 0.25) is 5.95 Å². The summed E-state index contributed by atoms with van der Waals surface area (Å²) in [5.74, 6) is 1.43. The average molecular weight is 326 g/mol. The molecule has 1 aromatic heterocycles. The summed E-state index contributed by atoms with van der Waals surface area (Å²) in [5.41, 5.74) is 7.21. The van der Waals surface area contributed by atoms with Crippen molar-refractivity contribution in [3.05, 3.63) is 27.9 Å². The van der Waals surface area contributed by atoms with E-state index in [0.717, 1.165) is 11.1 Å². The third-order valence-corrected chi connectivity index (χ3v) is 2.87. The summed E-state index contributed by atoms with van der Waals surface area (Å²) in [7, 11) is 3.15. The molecular formula is C13H18N4O6. The van der Waals surface area contributed by atoms with E-state index < -0.39 is 5.09 Å². The van der Waals surface area contributed by atoms with Crippen molar-refractivity contribution in [1.29, 1.82) is 0 Å². The number of ether oxygens (including phenoxy) is 2. The topological polar surface area (TPSA) is 154 Å². The molecule has 0 bridgehead atoms. The molecule has 10 nitrogen and oxygen atoms in total. The number of aliphatic hydroxyl groups excluding tert-OH is 1. The number of methoxy groups -OCH3 is 2. The van der Waals surface area contributed by atoms with Crippen LogP contribution in [0.4, 0.5) is 5.95 Å². The molecule has 0 spiro atoms. The lowest BCUT2D eigenvalue weighted by molar-refractivity contribution is -0.742. The molecule has 0 saturated heterocycles. The van der Waals surface area contributed by atoms with Gasteiger partial charge in [-0.3, -0.25) is 0 Å². The fourth-order valence-electron chi connectivity index (χ4n) is 1.98. The number of nitrogens with zero attached hydrogens (tertiary/aromatic N) is 3. The zero-order chi connectivity index (χ0) is 17.4. The molecule has 0 fully saturated rings. The Kier molecular flexibility index (Phi) is 6.74. The van der Waals surface area contributed by atoms with E-state index in [4.69, 9.17) is 35.6 Å². The lowest BCUT2D eigenvalue weighted by atomic mass is 10.1. The first-order valence-corrected chi connectivity index (χ1v) is 6.55. The van der Waals surface area contributed by atoms with Gasteiger partial charge in [0.15, 0.2) is 11.5 Å². The molecule has 23 heavy (non-hydrogen) atoms. The number of anilines is 1. The standard InChI is InChI=1S/C13H17N3O3.HNO3/c1-18-11-6-8-9(4-3-5-17)15-13(14)16-10(8)7-12(11)19-2;2-1(3)4/h6-7,17H,3-5H2,1-2H3,(H2,14,15,16);(H,2,3,4). The van der Waals surface area contributed by atoms with E-state index in [9.17, 15) is 0 Å². The van der Waals surface area contributed by atoms with Gasteiger partial charge in [-0.1, -0.05) is 0 Å². The third-order valence-electron chi connectivity index (χ3n) is 2.87. The van der Waals surface area contributed by atoms with Crippen LogP contribution in [0.1, 0.15) is 12.1 Å². The van der Waals surface area contributed by atoms with Crippen molar-refractivity contribution in [3.8, 4) is 11.5 Å². The van der Waals surface area contributed by atoms with E-state index in [0.29, 0.717) is 29.9 Å². The van der Waals surface area contributed by atoms with Crippen molar-refractivity contribution in [2.24, 2.45) is 0 Å². The molecule has 0 aliphatic heterocycles. The third kappa shape index (κ3) is 5.11. The lowest BCUT2D eigenvalue weighted by Crippen LogP contribution is -2.03. The van der Waals surface area contributed by atoms with Crippen molar-refractivity contribution in [2.45, 2.75) is 12.8 Å². The monoisotopic (exact) mass is 326 g/mol. The quantitative estimate of drug-likeness (QED) is 0.534. The maximum absolute atomic E-state index is 8.93. The second kappa shape index (κ2) is 8.54. The molecule has 0 aliphatic rings. The molecule has 0 radical (unpaired) electrons. The van der Waals surface area contributed by atoms with Crippen LogP contribution >= 0.6 is 0 Å². The molecule has 0 aliphatic carbocycles. The highest BCUT2D eigenvalue weighted by molar-refractivity contribution is 5.85. The lowest BCUT2D eigenvalue weighted by Gasteiger charge is -2.11. The molecule has 4 N–H and O–H groups in total. The van der Waals surface area contributed by atoms with Crippen LogP contribution < -0.4 is 15.2 Å². The second-order valence-corrected chi connectivity index (χ2v) is 4.32. The number of hydrogen-bond donors (Lipinski definition) is 3. The van der Waals surface area contributed by atoms with Gasteiger partial charge in [-0.25, -0.2) is 9.97 Å². The summed E-state index contributed by atoms with van der Waals surface area (Å²) in [5, 5.41) is 23.4. The predicted octanol–water partition coefficient (Wildman–Crippen LogP) is 0.806. The van der Waals surface area contributed by atoms with Crippen molar-refractivity contribution < 1.29 is 24.9 Å². The van der Waals surface area contributed by atoms with Gasteiger partial charge >= 0.3 is 0 Å². The van der Waals surface area contributed by atoms with E-state index in [2.05, 4.69) is 9.97 Å². The zero-order valence-corrected chi connectivity index (χ0v) is 12.7. The van der Waals surface area contributed by atoms with Crippen LogP contribution in [-0.2, 0) is 6.42 Å². The van der Waals surface area contributed by atoms with Crippen molar-refractivity contribution in [3.63, 3.8) is 0 Å². The van der Waals surface area contributed by atoms with Crippen LogP contribution in [-0.4, -0.2) is 46.2 Å². The number of benzene rings is 1. The number of fused-ring (bicyclic) bond motifs is 1. The Bertz CT molecular complexity index is 675. The molecule has 2 aromatic rings. The summed E-state index contributed by atoms with van der Waals surface area (Å²) >= 11 is 0. The number of aliphatic hydroxyl groups is 1. The summed E-state index contributed by atoms with van der Waals surface area (Å²) in [6.07, 6.45) is 1.26. The van der Waals surface area contributed by atoms with Gasteiger partial charge in [0.05, 0.1) is 25.4 Å². The maximum Gasteiger partial charge on any atom is 0.291 e. The minimum Gasteiger partial charge on any atom is -0.493 e. The predicted molar refractivity (Wildman–Crippen MR) is 81.2 cm³/mol. The minimum atomic E-state index is -1.50. The summed E-state index contributed by atoms with van der Waals surface area (Å²) in [6.45, 7) is 0.110. The number of rotatable bonds is 5. The number of aromatic nitrogens is 2. The Morgan fingerprint density at radius 1 is 1.26 bits per heavy atom. The van der Waals surface area contributed by atoms with Crippen LogP contribution in [0, 0.1) is 10.1 Å². The Morgan fingerprint density at radius 3 is 2.35 bits per heavy atom.